The minimum atomic E-state index is -0.435. The van der Waals surface area contributed by atoms with E-state index in [1.54, 1.807) is 23.6 Å². The summed E-state index contributed by atoms with van der Waals surface area (Å²) in [6.45, 7) is 0.120. The third-order valence-electron chi connectivity index (χ3n) is 2.61. The molecule has 0 bridgehead atoms. The first-order chi connectivity index (χ1) is 9.47. The van der Waals surface area contributed by atoms with Crippen LogP contribution in [-0.2, 0) is 6.54 Å². The summed E-state index contributed by atoms with van der Waals surface area (Å²) >= 11 is 8.41. The number of benzene rings is 1. The zero-order valence-electron chi connectivity index (χ0n) is 10.2. The quantitative estimate of drug-likeness (QED) is 0.591. The lowest BCUT2D eigenvalue weighted by atomic mass is 10.1. The third kappa shape index (κ3) is 3.74. The van der Waals surface area contributed by atoms with Gasteiger partial charge in [0.15, 0.2) is 0 Å². The molecule has 0 saturated carbocycles. The number of thiophene rings is 1. The monoisotopic (exact) mass is 420 g/mol. The van der Waals surface area contributed by atoms with Crippen molar-refractivity contribution < 1.29 is 9.18 Å². The maximum absolute atomic E-state index is 13.8. The highest BCUT2D eigenvalue weighted by Gasteiger charge is 2.10. The number of thiocarbonyl (C=S) groups is 1. The van der Waals surface area contributed by atoms with Crippen LogP contribution < -0.4 is 11.1 Å². The van der Waals surface area contributed by atoms with Crippen LogP contribution in [0.1, 0.15) is 21.5 Å². The minimum absolute atomic E-state index is 0.120. The standard InChI is InChI=1S/C13H10FIN2OS2/c14-10-3-7(12(16)19)1-2-8(10)5-17-13(18)9-4-11(15)20-6-9/h1-4,6H,5H2,(H2,16,19)(H,17,18). The van der Waals surface area contributed by atoms with E-state index < -0.39 is 5.82 Å². The van der Waals surface area contributed by atoms with E-state index in [-0.39, 0.29) is 17.4 Å². The number of halogens is 2. The van der Waals surface area contributed by atoms with Gasteiger partial charge in [-0.15, -0.1) is 11.3 Å². The van der Waals surface area contributed by atoms with Gasteiger partial charge in [-0.1, -0.05) is 24.4 Å². The van der Waals surface area contributed by atoms with E-state index in [0.29, 0.717) is 16.7 Å². The number of nitrogens with one attached hydrogen (secondary N) is 1. The molecular weight excluding hydrogens is 410 g/mol. The van der Waals surface area contributed by atoms with E-state index in [0.717, 1.165) is 2.88 Å². The van der Waals surface area contributed by atoms with Crippen molar-refractivity contribution in [2.75, 3.05) is 0 Å². The van der Waals surface area contributed by atoms with Gasteiger partial charge in [-0.2, -0.15) is 0 Å². The Labute approximate surface area is 138 Å². The van der Waals surface area contributed by atoms with Crippen molar-refractivity contribution in [2.45, 2.75) is 6.54 Å². The Morgan fingerprint density at radius 1 is 1.40 bits per heavy atom. The molecule has 2 aromatic rings. The van der Waals surface area contributed by atoms with Crippen LogP contribution in [0, 0.1) is 8.70 Å². The number of carbonyl (C=O) groups is 1. The summed E-state index contributed by atoms with van der Waals surface area (Å²) in [5.41, 5.74) is 6.88. The van der Waals surface area contributed by atoms with Gasteiger partial charge in [-0.3, -0.25) is 4.79 Å². The van der Waals surface area contributed by atoms with Gasteiger partial charge in [0.25, 0.3) is 5.91 Å². The predicted molar refractivity (Wildman–Crippen MR) is 90.5 cm³/mol. The Morgan fingerprint density at radius 2 is 2.15 bits per heavy atom. The highest BCUT2D eigenvalue weighted by atomic mass is 127. The van der Waals surface area contributed by atoms with E-state index in [9.17, 15) is 9.18 Å². The van der Waals surface area contributed by atoms with Gasteiger partial charge in [-0.25, -0.2) is 4.39 Å². The Balaban J connectivity index is 2.04. The first-order valence-electron chi connectivity index (χ1n) is 5.58. The van der Waals surface area contributed by atoms with Gasteiger partial charge in [0.05, 0.1) is 8.45 Å². The van der Waals surface area contributed by atoms with Crippen molar-refractivity contribution in [2.24, 2.45) is 5.73 Å². The van der Waals surface area contributed by atoms with E-state index in [2.05, 4.69) is 27.9 Å². The normalized spacial score (nSPS) is 10.3. The van der Waals surface area contributed by atoms with E-state index in [1.807, 2.05) is 0 Å². The SMILES string of the molecule is NC(=S)c1ccc(CNC(=O)c2csc(I)c2)c(F)c1. The van der Waals surface area contributed by atoms with Crippen LogP contribution in [0.15, 0.2) is 29.6 Å². The summed E-state index contributed by atoms with van der Waals surface area (Å²) in [7, 11) is 0. The van der Waals surface area contributed by atoms with Gasteiger partial charge in [0.1, 0.15) is 10.8 Å². The Bertz CT molecular complexity index is 672. The molecule has 1 aromatic carbocycles. The molecule has 0 fully saturated rings. The second kappa shape index (κ2) is 6.59. The number of hydrogen-bond acceptors (Lipinski definition) is 3. The molecule has 0 aliphatic rings. The summed E-state index contributed by atoms with van der Waals surface area (Å²) in [5.74, 6) is -0.655. The number of amides is 1. The fraction of sp³-hybridized carbons (Fsp3) is 0.0769. The minimum Gasteiger partial charge on any atom is -0.389 e. The fourth-order valence-corrected chi connectivity index (χ4v) is 3.00. The molecule has 7 heteroatoms. The molecule has 0 saturated heterocycles. The van der Waals surface area contributed by atoms with Crippen LogP contribution >= 0.6 is 46.1 Å². The van der Waals surface area contributed by atoms with Crippen LogP contribution in [0.5, 0.6) is 0 Å². The zero-order valence-corrected chi connectivity index (χ0v) is 13.9. The average Bonchev–Trinajstić information content (AvgIpc) is 2.83. The summed E-state index contributed by atoms with van der Waals surface area (Å²) in [6, 6.07) is 6.27. The fourth-order valence-electron chi connectivity index (χ4n) is 1.55. The molecule has 0 spiro atoms. The average molecular weight is 420 g/mol. The van der Waals surface area contributed by atoms with Crippen LogP contribution in [0.3, 0.4) is 0 Å². The second-order valence-corrected chi connectivity index (χ2v) is 7.24. The van der Waals surface area contributed by atoms with Crippen molar-refractivity contribution in [3.05, 3.63) is 55.0 Å². The van der Waals surface area contributed by atoms with Gasteiger partial charge in [0.2, 0.25) is 0 Å². The molecule has 0 atom stereocenters. The topological polar surface area (TPSA) is 55.1 Å². The Kier molecular flexibility index (Phi) is 5.06. The van der Waals surface area contributed by atoms with Gasteiger partial charge in [-0.05, 0) is 34.7 Å². The molecule has 1 aromatic heterocycles. The molecule has 2 rings (SSSR count). The molecule has 0 aliphatic heterocycles. The smallest absolute Gasteiger partial charge is 0.252 e. The molecular formula is C13H10FIN2OS2. The zero-order chi connectivity index (χ0) is 14.7. The highest BCUT2D eigenvalue weighted by Crippen LogP contribution is 2.17. The first-order valence-corrected chi connectivity index (χ1v) is 7.94. The first kappa shape index (κ1) is 15.3. The van der Waals surface area contributed by atoms with Crippen molar-refractivity contribution >= 4 is 57.0 Å². The lowest BCUT2D eigenvalue weighted by Gasteiger charge is -2.07. The van der Waals surface area contributed by atoms with Crippen LogP contribution in [0.4, 0.5) is 4.39 Å². The Morgan fingerprint density at radius 3 is 2.70 bits per heavy atom. The van der Waals surface area contributed by atoms with Crippen molar-refractivity contribution in [3.63, 3.8) is 0 Å². The highest BCUT2D eigenvalue weighted by molar-refractivity contribution is 14.1. The number of hydrogen-bond donors (Lipinski definition) is 2. The lowest BCUT2D eigenvalue weighted by Crippen LogP contribution is -2.23. The summed E-state index contributed by atoms with van der Waals surface area (Å²) in [5, 5.41) is 4.45. The summed E-state index contributed by atoms with van der Waals surface area (Å²) in [4.78, 5) is 12.0. The number of rotatable bonds is 4. The van der Waals surface area contributed by atoms with Crippen molar-refractivity contribution in [3.8, 4) is 0 Å². The molecule has 0 unspecified atom stereocenters. The van der Waals surface area contributed by atoms with E-state index in [4.69, 9.17) is 18.0 Å². The predicted octanol–water partition coefficient (Wildman–Crippen LogP) is 3.06. The maximum Gasteiger partial charge on any atom is 0.252 e. The molecule has 0 radical (unpaired) electrons. The van der Waals surface area contributed by atoms with Gasteiger partial charge >= 0.3 is 0 Å². The van der Waals surface area contributed by atoms with Gasteiger partial charge < -0.3 is 11.1 Å². The summed E-state index contributed by atoms with van der Waals surface area (Å²) < 4.78 is 14.8. The van der Waals surface area contributed by atoms with E-state index in [1.165, 1.54) is 17.4 Å². The van der Waals surface area contributed by atoms with E-state index >= 15 is 0 Å². The van der Waals surface area contributed by atoms with Crippen LogP contribution in [0.25, 0.3) is 0 Å². The molecule has 3 nitrogen and oxygen atoms in total. The summed E-state index contributed by atoms with van der Waals surface area (Å²) in [6.07, 6.45) is 0. The third-order valence-corrected chi connectivity index (χ3v) is 4.63. The van der Waals surface area contributed by atoms with Crippen LogP contribution in [-0.4, -0.2) is 10.9 Å². The molecule has 0 aliphatic carbocycles. The molecule has 20 heavy (non-hydrogen) atoms. The van der Waals surface area contributed by atoms with Crippen LogP contribution in [0.2, 0.25) is 0 Å². The Hall–Kier alpha value is -1.06. The van der Waals surface area contributed by atoms with Crippen molar-refractivity contribution in [1.82, 2.24) is 5.32 Å². The second-order valence-electron chi connectivity index (χ2n) is 3.99. The van der Waals surface area contributed by atoms with Crippen molar-refractivity contribution in [1.29, 1.82) is 0 Å². The molecule has 104 valence electrons. The molecule has 1 heterocycles. The molecule has 1 amide bonds. The molecule has 3 N–H and O–H groups in total. The largest absolute Gasteiger partial charge is 0.389 e. The number of nitrogens with two attached hydrogens (primary N) is 1. The lowest BCUT2D eigenvalue weighted by molar-refractivity contribution is 0.0951. The number of carbonyl (C=O) groups excluding carboxylic acids is 1. The maximum atomic E-state index is 13.8. The van der Waals surface area contributed by atoms with Gasteiger partial charge in [0, 0.05) is 23.1 Å².